The van der Waals surface area contributed by atoms with Crippen molar-refractivity contribution in [3.05, 3.63) is 23.8 Å². The van der Waals surface area contributed by atoms with Crippen LogP contribution in [0.3, 0.4) is 0 Å². The maximum atomic E-state index is 9.49. The first kappa shape index (κ1) is 11.0. The molecule has 0 aliphatic heterocycles. The quantitative estimate of drug-likeness (QED) is 0.877. The minimum absolute atomic E-state index is 0.143. The molecule has 3 rings (SSSR count). The van der Waals surface area contributed by atoms with Crippen LogP contribution < -0.4 is 5.73 Å². The summed E-state index contributed by atoms with van der Waals surface area (Å²) in [4.78, 5) is 4.25. The van der Waals surface area contributed by atoms with Gasteiger partial charge in [-0.2, -0.15) is 0 Å². The van der Waals surface area contributed by atoms with Crippen LogP contribution in [0.2, 0.25) is 0 Å². The average molecular weight is 248 g/mol. The first-order chi connectivity index (χ1) is 8.21. The van der Waals surface area contributed by atoms with Crippen molar-refractivity contribution in [1.29, 1.82) is 0 Å². The number of nitrogen functional groups attached to an aromatic ring is 1. The van der Waals surface area contributed by atoms with Crippen LogP contribution in [0.4, 0.5) is 5.13 Å². The molecule has 4 heteroatoms. The maximum absolute atomic E-state index is 9.49. The molecule has 17 heavy (non-hydrogen) atoms. The van der Waals surface area contributed by atoms with Crippen molar-refractivity contribution in [3.8, 4) is 0 Å². The van der Waals surface area contributed by atoms with Gasteiger partial charge in [0.1, 0.15) is 0 Å². The van der Waals surface area contributed by atoms with Crippen LogP contribution in [0.25, 0.3) is 10.2 Å². The number of anilines is 1. The van der Waals surface area contributed by atoms with Crippen molar-refractivity contribution in [2.75, 3.05) is 12.3 Å². The van der Waals surface area contributed by atoms with Crippen molar-refractivity contribution >= 4 is 26.7 Å². The number of nitrogens with two attached hydrogens (primary N) is 1. The molecule has 1 aliphatic rings. The molecule has 0 amide bonds. The third kappa shape index (κ3) is 1.91. The molecule has 0 radical (unpaired) electrons. The Morgan fingerprint density at radius 2 is 2.24 bits per heavy atom. The van der Waals surface area contributed by atoms with Gasteiger partial charge in [-0.3, -0.25) is 0 Å². The number of fused-ring (bicyclic) bond motifs is 1. The lowest BCUT2D eigenvalue weighted by Crippen LogP contribution is -2.35. The standard InChI is InChI=1S/C13H16N2OS/c14-12-15-10-3-2-9(6-11(10)17-12)7-13(8-16)4-1-5-13/h2-3,6,16H,1,4-5,7-8H2,(H2,14,15). The average Bonchev–Trinajstić information content (AvgIpc) is 2.63. The summed E-state index contributed by atoms with van der Waals surface area (Å²) in [5, 5.41) is 10.1. The van der Waals surface area contributed by atoms with E-state index in [2.05, 4.69) is 17.1 Å². The molecule has 3 N–H and O–H groups in total. The van der Waals surface area contributed by atoms with Crippen LogP contribution in [0.1, 0.15) is 24.8 Å². The second kappa shape index (κ2) is 3.96. The molecule has 3 nitrogen and oxygen atoms in total. The number of aliphatic hydroxyl groups excluding tert-OH is 1. The molecule has 0 saturated heterocycles. The van der Waals surface area contributed by atoms with E-state index in [-0.39, 0.29) is 5.41 Å². The number of thiazole rings is 1. The highest BCUT2D eigenvalue weighted by atomic mass is 32.1. The van der Waals surface area contributed by atoms with Gasteiger partial charge in [-0.15, -0.1) is 0 Å². The Morgan fingerprint density at radius 3 is 2.88 bits per heavy atom. The zero-order valence-corrected chi connectivity index (χ0v) is 10.5. The van der Waals surface area contributed by atoms with Gasteiger partial charge >= 0.3 is 0 Å². The van der Waals surface area contributed by atoms with Crippen molar-refractivity contribution in [1.82, 2.24) is 4.98 Å². The van der Waals surface area contributed by atoms with E-state index in [4.69, 9.17) is 5.73 Å². The number of hydrogen-bond donors (Lipinski definition) is 2. The minimum Gasteiger partial charge on any atom is -0.396 e. The second-order valence-electron chi connectivity index (χ2n) is 5.04. The van der Waals surface area contributed by atoms with E-state index >= 15 is 0 Å². The number of aliphatic hydroxyl groups is 1. The Hall–Kier alpha value is -1.13. The highest BCUT2D eigenvalue weighted by Crippen LogP contribution is 2.43. The summed E-state index contributed by atoms with van der Waals surface area (Å²) < 4.78 is 1.15. The summed E-state index contributed by atoms with van der Waals surface area (Å²) in [5.74, 6) is 0. The fourth-order valence-electron chi connectivity index (χ4n) is 2.60. The van der Waals surface area contributed by atoms with Gasteiger partial charge in [0.25, 0.3) is 0 Å². The molecule has 1 heterocycles. The van der Waals surface area contributed by atoms with E-state index in [1.54, 1.807) is 0 Å². The van der Waals surface area contributed by atoms with Gasteiger partial charge in [-0.05, 0) is 42.4 Å². The predicted molar refractivity (Wildman–Crippen MR) is 71.1 cm³/mol. The topological polar surface area (TPSA) is 59.1 Å². The van der Waals surface area contributed by atoms with Crippen LogP contribution in [0.15, 0.2) is 18.2 Å². The highest BCUT2D eigenvalue weighted by Gasteiger charge is 2.36. The summed E-state index contributed by atoms with van der Waals surface area (Å²) in [5.41, 5.74) is 8.10. The van der Waals surface area contributed by atoms with E-state index in [0.717, 1.165) is 29.5 Å². The van der Waals surface area contributed by atoms with Crippen LogP contribution in [0.5, 0.6) is 0 Å². The molecule has 1 saturated carbocycles. The molecule has 1 fully saturated rings. The maximum Gasteiger partial charge on any atom is 0.181 e. The van der Waals surface area contributed by atoms with Crippen molar-refractivity contribution in [2.45, 2.75) is 25.7 Å². The van der Waals surface area contributed by atoms with Crippen LogP contribution >= 0.6 is 11.3 Å². The van der Waals surface area contributed by atoms with E-state index in [1.807, 2.05) is 6.07 Å². The molecular formula is C13H16N2OS. The van der Waals surface area contributed by atoms with Gasteiger partial charge in [0, 0.05) is 6.61 Å². The molecule has 2 aromatic rings. The number of hydrogen-bond acceptors (Lipinski definition) is 4. The summed E-state index contributed by atoms with van der Waals surface area (Å²) in [6, 6.07) is 6.30. The summed E-state index contributed by atoms with van der Waals surface area (Å²) >= 11 is 1.53. The number of rotatable bonds is 3. The molecular weight excluding hydrogens is 232 g/mol. The van der Waals surface area contributed by atoms with E-state index in [1.165, 1.54) is 23.3 Å². The molecule has 0 spiro atoms. The number of aromatic nitrogens is 1. The zero-order valence-electron chi connectivity index (χ0n) is 9.65. The van der Waals surface area contributed by atoms with Gasteiger partial charge in [0.15, 0.2) is 5.13 Å². The lowest BCUT2D eigenvalue weighted by Gasteiger charge is -2.40. The monoisotopic (exact) mass is 248 g/mol. The Bertz CT molecular complexity index is 540. The summed E-state index contributed by atoms with van der Waals surface area (Å²) in [6.45, 7) is 0.301. The number of nitrogens with zero attached hydrogens (tertiary/aromatic N) is 1. The fraction of sp³-hybridized carbons (Fsp3) is 0.462. The van der Waals surface area contributed by atoms with E-state index in [0.29, 0.717) is 11.7 Å². The Morgan fingerprint density at radius 1 is 1.41 bits per heavy atom. The number of benzene rings is 1. The van der Waals surface area contributed by atoms with Gasteiger partial charge in [-0.25, -0.2) is 4.98 Å². The van der Waals surface area contributed by atoms with Crippen molar-refractivity contribution in [2.24, 2.45) is 5.41 Å². The van der Waals surface area contributed by atoms with Gasteiger partial charge in [0.05, 0.1) is 10.2 Å². The lowest BCUT2D eigenvalue weighted by molar-refractivity contribution is 0.0451. The molecule has 90 valence electrons. The van der Waals surface area contributed by atoms with Gasteiger partial charge in [0.2, 0.25) is 0 Å². The Labute approximate surface area is 104 Å². The van der Waals surface area contributed by atoms with Crippen LogP contribution in [-0.4, -0.2) is 16.7 Å². The molecule has 0 unspecified atom stereocenters. The van der Waals surface area contributed by atoms with Crippen molar-refractivity contribution < 1.29 is 5.11 Å². The smallest absolute Gasteiger partial charge is 0.181 e. The highest BCUT2D eigenvalue weighted by molar-refractivity contribution is 7.22. The van der Waals surface area contributed by atoms with Gasteiger partial charge in [-0.1, -0.05) is 23.8 Å². The summed E-state index contributed by atoms with van der Waals surface area (Å²) in [7, 11) is 0. The lowest BCUT2D eigenvalue weighted by atomic mass is 9.66. The molecule has 1 aromatic heterocycles. The molecule has 1 aliphatic carbocycles. The van der Waals surface area contributed by atoms with Crippen LogP contribution in [-0.2, 0) is 6.42 Å². The van der Waals surface area contributed by atoms with E-state index in [9.17, 15) is 5.11 Å². The third-order valence-electron chi connectivity index (χ3n) is 3.80. The molecule has 0 bridgehead atoms. The molecule has 0 atom stereocenters. The largest absolute Gasteiger partial charge is 0.396 e. The van der Waals surface area contributed by atoms with E-state index < -0.39 is 0 Å². The fourth-order valence-corrected chi connectivity index (χ4v) is 3.40. The van der Waals surface area contributed by atoms with Crippen molar-refractivity contribution in [3.63, 3.8) is 0 Å². The molecule has 1 aromatic carbocycles. The summed E-state index contributed by atoms with van der Waals surface area (Å²) in [6.07, 6.45) is 4.51. The SMILES string of the molecule is Nc1nc2ccc(CC3(CO)CCC3)cc2s1. The first-order valence-corrected chi connectivity index (χ1v) is 6.78. The predicted octanol–water partition coefficient (Wildman–Crippen LogP) is 2.58. The second-order valence-corrected chi connectivity index (χ2v) is 6.10. The first-order valence-electron chi connectivity index (χ1n) is 5.97. The van der Waals surface area contributed by atoms with Crippen LogP contribution in [0, 0.1) is 5.41 Å². The Kier molecular flexibility index (Phi) is 2.56. The zero-order chi connectivity index (χ0) is 11.9. The normalized spacial score (nSPS) is 18.2. The van der Waals surface area contributed by atoms with Gasteiger partial charge < -0.3 is 10.8 Å². The Balaban J connectivity index is 1.90. The minimum atomic E-state index is 0.143. The third-order valence-corrected chi connectivity index (χ3v) is 4.65.